The maximum absolute atomic E-state index is 13.5. The Labute approximate surface area is 159 Å². The van der Waals surface area contributed by atoms with Crippen molar-refractivity contribution in [3.8, 4) is 0 Å². The third-order valence-corrected chi connectivity index (χ3v) is 4.75. The highest BCUT2D eigenvalue weighted by molar-refractivity contribution is 6.01. The quantitative estimate of drug-likeness (QED) is 0.822. The van der Waals surface area contributed by atoms with E-state index in [0.717, 1.165) is 12.1 Å². The van der Waals surface area contributed by atoms with E-state index < -0.39 is 41.6 Å². The summed E-state index contributed by atoms with van der Waals surface area (Å²) in [6.45, 7) is 0.343. The first kappa shape index (κ1) is 19.9. The van der Waals surface area contributed by atoms with Crippen LogP contribution in [0.2, 0.25) is 0 Å². The SMILES string of the molecule is O=C(C[C@@](O)(c1ccccc1)C(F)(F)F)N[C@@H]1CCN(c2ccccc2)C1=O. The van der Waals surface area contributed by atoms with Gasteiger partial charge in [-0.15, -0.1) is 0 Å². The Morgan fingerprint density at radius 1 is 1.07 bits per heavy atom. The minimum absolute atomic E-state index is 0.273. The first-order valence-corrected chi connectivity index (χ1v) is 8.73. The molecule has 8 heteroatoms. The molecule has 0 radical (unpaired) electrons. The van der Waals surface area contributed by atoms with Crippen molar-refractivity contribution in [1.29, 1.82) is 0 Å². The molecule has 5 nitrogen and oxygen atoms in total. The van der Waals surface area contributed by atoms with E-state index in [2.05, 4.69) is 5.32 Å². The van der Waals surface area contributed by atoms with Crippen LogP contribution in [0, 0.1) is 0 Å². The largest absolute Gasteiger partial charge is 0.421 e. The average molecular weight is 392 g/mol. The molecular weight excluding hydrogens is 373 g/mol. The molecule has 1 fully saturated rings. The number of hydrogen-bond donors (Lipinski definition) is 2. The minimum Gasteiger partial charge on any atom is -0.376 e. The Bertz CT molecular complexity index is 843. The van der Waals surface area contributed by atoms with Gasteiger partial charge >= 0.3 is 6.18 Å². The van der Waals surface area contributed by atoms with Gasteiger partial charge in [-0.3, -0.25) is 9.59 Å². The molecule has 2 aromatic carbocycles. The predicted octanol–water partition coefficient (Wildman–Crippen LogP) is 2.75. The van der Waals surface area contributed by atoms with Crippen LogP contribution >= 0.6 is 0 Å². The second-order valence-corrected chi connectivity index (χ2v) is 6.64. The van der Waals surface area contributed by atoms with Crippen molar-refractivity contribution in [2.45, 2.75) is 30.7 Å². The lowest BCUT2D eigenvalue weighted by molar-refractivity contribution is -0.267. The molecule has 28 heavy (non-hydrogen) atoms. The lowest BCUT2D eigenvalue weighted by Crippen LogP contribution is -2.49. The highest BCUT2D eigenvalue weighted by Gasteiger charge is 2.56. The van der Waals surface area contributed by atoms with Gasteiger partial charge in [0.2, 0.25) is 11.8 Å². The highest BCUT2D eigenvalue weighted by atomic mass is 19.4. The molecule has 2 N–H and O–H groups in total. The number of carbonyl (C=O) groups excluding carboxylic acids is 2. The molecule has 2 aromatic rings. The number of rotatable bonds is 5. The summed E-state index contributed by atoms with van der Waals surface area (Å²) >= 11 is 0. The molecule has 1 heterocycles. The van der Waals surface area contributed by atoms with E-state index in [1.54, 1.807) is 30.3 Å². The fourth-order valence-electron chi connectivity index (χ4n) is 3.24. The number of nitrogens with one attached hydrogen (secondary N) is 1. The minimum atomic E-state index is -5.05. The summed E-state index contributed by atoms with van der Waals surface area (Å²) in [4.78, 5) is 26.3. The number of nitrogens with zero attached hydrogens (tertiary/aromatic N) is 1. The van der Waals surface area contributed by atoms with E-state index >= 15 is 0 Å². The van der Waals surface area contributed by atoms with Crippen molar-refractivity contribution < 1.29 is 27.9 Å². The average Bonchev–Trinajstić information content (AvgIpc) is 3.02. The maximum Gasteiger partial charge on any atom is 0.421 e. The number of anilines is 1. The van der Waals surface area contributed by atoms with Gasteiger partial charge in [-0.1, -0.05) is 48.5 Å². The normalized spacial score (nSPS) is 19.4. The van der Waals surface area contributed by atoms with Crippen molar-refractivity contribution in [2.75, 3.05) is 11.4 Å². The molecule has 1 aliphatic rings. The monoisotopic (exact) mass is 392 g/mol. The van der Waals surface area contributed by atoms with Gasteiger partial charge in [0.15, 0.2) is 5.60 Å². The van der Waals surface area contributed by atoms with Crippen molar-refractivity contribution in [2.24, 2.45) is 0 Å². The Morgan fingerprint density at radius 2 is 1.64 bits per heavy atom. The molecule has 1 aliphatic heterocycles. The molecule has 0 aromatic heterocycles. The van der Waals surface area contributed by atoms with Gasteiger partial charge < -0.3 is 15.3 Å². The fraction of sp³-hybridized carbons (Fsp3) is 0.300. The fourth-order valence-corrected chi connectivity index (χ4v) is 3.24. The number of benzene rings is 2. The third kappa shape index (κ3) is 3.87. The maximum atomic E-state index is 13.5. The van der Waals surface area contributed by atoms with Crippen LogP contribution in [-0.2, 0) is 15.2 Å². The van der Waals surface area contributed by atoms with E-state index in [9.17, 15) is 27.9 Å². The van der Waals surface area contributed by atoms with Crippen LogP contribution in [0.4, 0.5) is 18.9 Å². The van der Waals surface area contributed by atoms with Crippen LogP contribution in [0.5, 0.6) is 0 Å². The summed E-state index contributed by atoms with van der Waals surface area (Å²) in [5.41, 5.74) is -3.11. The van der Waals surface area contributed by atoms with Crippen LogP contribution in [0.3, 0.4) is 0 Å². The zero-order valence-corrected chi connectivity index (χ0v) is 14.8. The summed E-state index contributed by atoms with van der Waals surface area (Å²) in [5, 5.41) is 12.6. The van der Waals surface area contributed by atoms with E-state index in [-0.39, 0.29) is 6.42 Å². The lowest BCUT2D eigenvalue weighted by atomic mass is 9.89. The molecule has 2 atom stereocenters. The summed E-state index contributed by atoms with van der Waals surface area (Å²) in [5.74, 6) is -1.44. The number of alkyl halides is 3. The molecule has 0 spiro atoms. The number of hydrogen-bond acceptors (Lipinski definition) is 3. The second kappa shape index (κ2) is 7.63. The molecule has 0 unspecified atom stereocenters. The van der Waals surface area contributed by atoms with Crippen LogP contribution in [-0.4, -0.2) is 35.7 Å². The van der Waals surface area contributed by atoms with Crippen LogP contribution in [0.15, 0.2) is 60.7 Å². The van der Waals surface area contributed by atoms with Gasteiger partial charge in [0.05, 0.1) is 6.42 Å². The molecule has 1 saturated heterocycles. The van der Waals surface area contributed by atoms with E-state index in [1.807, 2.05) is 0 Å². The van der Waals surface area contributed by atoms with E-state index in [0.29, 0.717) is 12.2 Å². The summed E-state index contributed by atoms with van der Waals surface area (Å²) in [6.07, 6.45) is -6.01. The zero-order valence-electron chi connectivity index (χ0n) is 14.8. The number of amides is 2. The Kier molecular flexibility index (Phi) is 5.42. The van der Waals surface area contributed by atoms with Gasteiger partial charge in [-0.05, 0) is 24.1 Å². The molecule has 3 rings (SSSR count). The highest BCUT2D eigenvalue weighted by Crippen LogP contribution is 2.41. The molecule has 0 saturated carbocycles. The molecule has 0 bridgehead atoms. The topological polar surface area (TPSA) is 69.6 Å². The predicted molar refractivity (Wildman–Crippen MR) is 96.4 cm³/mol. The van der Waals surface area contributed by atoms with Crippen LogP contribution in [0.25, 0.3) is 0 Å². The molecular formula is C20H19F3N2O3. The first-order chi connectivity index (χ1) is 13.2. The standard InChI is InChI=1S/C20H19F3N2O3/c21-20(22,23)19(28,14-7-3-1-4-8-14)13-17(26)24-16-11-12-25(18(16)27)15-9-5-2-6-10-15/h1-10,16,28H,11-13H2,(H,24,26)/t16-,19-/m1/s1. The van der Waals surface area contributed by atoms with E-state index in [4.69, 9.17) is 0 Å². The van der Waals surface area contributed by atoms with Crippen molar-refractivity contribution in [3.63, 3.8) is 0 Å². The summed E-state index contributed by atoms with van der Waals surface area (Å²) < 4.78 is 40.6. The number of aliphatic hydroxyl groups is 1. The second-order valence-electron chi connectivity index (χ2n) is 6.64. The van der Waals surface area contributed by atoms with Gasteiger partial charge in [0.25, 0.3) is 0 Å². The van der Waals surface area contributed by atoms with Gasteiger partial charge in [0.1, 0.15) is 6.04 Å². The Hall–Kier alpha value is -2.87. The number of carbonyl (C=O) groups is 2. The number of halogens is 3. The van der Waals surface area contributed by atoms with Crippen molar-refractivity contribution in [1.82, 2.24) is 5.32 Å². The zero-order chi connectivity index (χ0) is 20.4. The lowest BCUT2D eigenvalue weighted by Gasteiger charge is -2.30. The Morgan fingerprint density at radius 3 is 2.21 bits per heavy atom. The molecule has 2 amide bonds. The van der Waals surface area contributed by atoms with Crippen molar-refractivity contribution in [3.05, 3.63) is 66.2 Å². The molecule has 148 valence electrons. The van der Waals surface area contributed by atoms with Crippen molar-refractivity contribution >= 4 is 17.5 Å². The number of para-hydroxylation sites is 1. The van der Waals surface area contributed by atoms with E-state index in [1.165, 1.54) is 23.1 Å². The molecule has 0 aliphatic carbocycles. The Balaban J connectivity index is 1.71. The van der Waals surface area contributed by atoms with Gasteiger partial charge in [-0.2, -0.15) is 13.2 Å². The van der Waals surface area contributed by atoms with Crippen LogP contribution < -0.4 is 10.2 Å². The third-order valence-electron chi connectivity index (χ3n) is 4.75. The van der Waals surface area contributed by atoms with Gasteiger partial charge in [0, 0.05) is 12.2 Å². The first-order valence-electron chi connectivity index (χ1n) is 8.73. The smallest absolute Gasteiger partial charge is 0.376 e. The van der Waals surface area contributed by atoms with Gasteiger partial charge in [-0.25, -0.2) is 0 Å². The summed E-state index contributed by atoms with van der Waals surface area (Å²) in [7, 11) is 0. The van der Waals surface area contributed by atoms with Crippen LogP contribution in [0.1, 0.15) is 18.4 Å². The summed E-state index contributed by atoms with van der Waals surface area (Å²) in [6, 6.07) is 14.3.